The molecule has 1 aromatic rings. The first-order valence-electron chi connectivity index (χ1n) is 5.63. The van der Waals surface area contributed by atoms with Gasteiger partial charge in [0.05, 0.1) is 0 Å². The number of aliphatic carboxylic acids is 1. The van der Waals surface area contributed by atoms with Crippen molar-refractivity contribution in [1.82, 2.24) is 4.90 Å². The number of rotatable bonds is 3. The molecule has 0 radical (unpaired) electrons. The minimum absolute atomic E-state index is 0.324. The van der Waals surface area contributed by atoms with Gasteiger partial charge in [-0.05, 0) is 31.9 Å². The van der Waals surface area contributed by atoms with Crippen LogP contribution in [0.15, 0.2) is 12.1 Å². The van der Waals surface area contributed by atoms with E-state index in [1.54, 1.807) is 0 Å². The number of amides is 2. The van der Waals surface area contributed by atoms with Gasteiger partial charge in [-0.25, -0.2) is 4.79 Å². The highest BCUT2D eigenvalue weighted by atomic mass is 16.4. The van der Waals surface area contributed by atoms with Gasteiger partial charge in [0.2, 0.25) is 0 Å². The van der Waals surface area contributed by atoms with Crippen molar-refractivity contribution in [1.29, 1.82) is 0 Å². The number of nitrogens with one attached hydrogen (secondary N) is 1. The van der Waals surface area contributed by atoms with Crippen molar-refractivity contribution in [3.8, 4) is 0 Å². The lowest BCUT2D eigenvalue weighted by atomic mass is 10.1. The quantitative estimate of drug-likeness (QED) is 0.863. The molecule has 5 nitrogen and oxygen atoms in total. The van der Waals surface area contributed by atoms with E-state index in [1.165, 1.54) is 7.05 Å². The van der Waals surface area contributed by atoms with Crippen LogP contribution in [-0.2, 0) is 4.79 Å². The van der Waals surface area contributed by atoms with Gasteiger partial charge in [-0.1, -0.05) is 17.7 Å². The Hall–Kier alpha value is -2.04. The number of aryl methyl sites for hydroxylation is 3. The van der Waals surface area contributed by atoms with E-state index in [9.17, 15) is 9.59 Å². The van der Waals surface area contributed by atoms with Gasteiger partial charge in [-0.2, -0.15) is 0 Å². The van der Waals surface area contributed by atoms with E-state index in [2.05, 4.69) is 5.32 Å². The van der Waals surface area contributed by atoms with E-state index < -0.39 is 12.0 Å². The fourth-order valence-electron chi connectivity index (χ4n) is 1.85. The molecule has 1 aromatic carbocycles. The summed E-state index contributed by atoms with van der Waals surface area (Å²) in [5.74, 6) is -1.04. The first-order valence-corrected chi connectivity index (χ1v) is 5.63. The summed E-state index contributed by atoms with van der Waals surface area (Å²) in [4.78, 5) is 23.4. The second-order valence-electron chi connectivity index (χ2n) is 4.45. The second-order valence-corrected chi connectivity index (χ2v) is 4.45. The number of hydrogen-bond acceptors (Lipinski definition) is 2. The number of anilines is 1. The van der Waals surface area contributed by atoms with Gasteiger partial charge in [-0.15, -0.1) is 0 Å². The molecule has 0 atom stereocenters. The number of likely N-dealkylation sites (N-methyl/N-ethyl adjacent to an activating group) is 1. The predicted octanol–water partition coefficient (Wildman–Crippen LogP) is 2.16. The molecule has 0 fully saturated rings. The maximum Gasteiger partial charge on any atom is 0.323 e. The fraction of sp³-hybridized carbons (Fsp3) is 0.385. The third-order valence-corrected chi connectivity index (χ3v) is 2.63. The summed E-state index contributed by atoms with van der Waals surface area (Å²) in [6, 6.07) is 3.52. The van der Waals surface area contributed by atoms with Crippen LogP contribution < -0.4 is 5.32 Å². The summed E-state index contributed by atoms with van der Waals surface area (Å²) < 4.78 is 0. The number of urea groups is 1. The van der Waals surface area contributed by atoms with Gasteiger partial charge in [0, 0.05) is 12.7 Å². The highest BCUT2D eigenvalue weighted by Gasteiger charge is 2.14. The van der Waals surface area contributed by atoms with Crippen molar-refractivity contribution in [2.75, 3.05) is 18.9 Å². The Morgan fingerprint density at radius 3 is 2.17 bits per heavy atom. The number of benzene rings is 1. The van der Waals surface area contributed by atoms with Crippen LogP contribution in [-0.4, -0.2) is 35.6 Å². The molecule has 2 N–H and O–H groups in total. The number of carboxylic acid groups (broad SMARTS) is 1. The molecule has 0 saturated carbocycles. The molecular formula is C13H18N2O3. The lowest BCUT2D eigenvalue weighted by Gasteiger charge is -2.18. The normalized spacial score (nSPS) is 10.0. The molecule has 2 amide bonds. The standard InChI is InChI=1S/C13H18N2O3/c1-8-5-9(2)12(10(3)6-8)14-13(18)15(4)7-11(16)17/h5-6H,7H2,1-4H3,(H,14,18)(H,16,17). The molecule has 5 heteroatoms. The van der Waals surface area contributed by atoms with Gasteiger partial charge >= 0.3 is 12.0 Å². The molecule has 18 heavy (non-hydrogen) atoms. The zero-order valence-electron chi connectivity index (χ0n) is 11.1. The Labute approximate surface area is 106 Å². The van der Waals surface area contributed by atoms with E-state index in [0.29, 0.717) is 0 Å². The molecule has 0 bridgehead atoms. The van der Waals surface area contributed by atoms with Gasteiger partial charge in [0.1, 0.15) is 6.54 Å². The van der Waals surface area contributed by atoms with Gasteiger partial charge in [0.25, 0.3) is 0 Å². The Morgan fingerprint density at radius 1 is 1.22 bits per heavy atom. The molecule has 0 unspecified atom stereocenters. The van der Waals surface area contributed by atoms with E-state index in [0.717, 1.165) is 27.3 Å². The van der Waals surface area contributed by atoms with Crippen LogP contribution in [0.4, 0.5) is 10.5 Å². The summed E-state index contributed by atoms with van der Waals surface area (Å²) >= 11 is 0. The van der Waals surface area contributed by atoms with Gasteiger partial charge in [-0.3, -0.25) is 4.79 Å². The first-order chi connectivity index (χ1) is 8.31. The van der Waals surface area contributed by atoms with E-state index in [-0.39, 0.29) is 6.54 Å². The molecule has 0 aliphatic rings. The smallest absolute Gasteiger partial charge is 0.323 e. The molecule has 0 aliphatic heterocycles. The molecule has 0 heterocycles. The fourth-order valence-corrected chi connectivity index (χ4v) is 1.85. The zero-order chi connectivity index (χ0) is 13.9. The van der Waals surface area contributed by atoms with Gasteiger partial charge in [0.15, 0.2) is 0 Å². The number of carbonyl (C=O) groups excluding carboxylic acids is 1. The minimum atomic E-state index is -1.04. The minimum Gasteiger partial charge on any atom is -0.480 e. The molecule has 0 saturated heterocycles. The lowest BCUT2D eigenvalue weighted by Crippen LogP contribution is -2.35. The highest BCUT2D eigenvalue weighted by molar-refractivity contribution is 5.92. The zero-order valence-corrected chi connectivity index (χ0v) is 11.1. The molecular weight excluding hydrogens is 232 g/mol. The average molecular weight is 250 g/mol. The Balaban J connectivity index is 2.85. The maximum absolute atomic E-state index is 11.8. The first kappa shape index (κ1) is 14.0. The summed E-state index contributed by atoms with van der Waals surface area (Å²) in [5, 5.41) is 11.4. The third-order valence-electron chi connectivity index (χ3n) is 2.63. The Morgan fingerprint density at radius 2 is 1.72 bits per heavy atom. The SMILES string of the molecule is Cc1cc(C)c(NC(=O)N(C)CC(=O)O)c(C)c1. The summed E-state index contributed by atoms with van der Waals surface area (Å²) in [6.07, 6.45) is 0. The van der Waals surface area contributed by atoms with Crippen molar-refractivity contribution >= 4 is 17.7 Å². The Bertz CT molecular complexity index is 460. The molecule has 98 valence electrons. The number of carboxylic acids is 1. The monoisotopic (exact) mass is 250 g/mol. The van der Waals surface area contributed by atoms with Crippen LogP contribution in [0.3, 0.4) is 0 Å². The van der Waals surface area contributed by atoms with Crippen molar-refractivity contribution in [3.63, 3.8) is 0 Å². The number of carbonyl (C=O) groups is 2. The largest absolute Gasteiger partial charge is 0.480 e. The third kappa shape index (κ3) is 3.48. The van der Waals surface area contributed by atoms with Crippen LogP contribution in [0.5, 0.6) is 0 Å². The summed E-state index contributed by atoms with van der Waals surface area (Å²) in [7, 11) is 1.45. The van der Waals surface area contributed by atoms with Crippen LogP contribution in [0.2, 0.25) is 0 Å². The lowest BCUT2D eigenvalue weighted by molar-refractivity contribution is -0.137. The van der Waals surface area contributed by atoms with E-state index >= 15 is 0 Å². The number of nitrogens with zero attached hydrogens (tertiary/aromatic N) is 1. The van der Waals surface area contributed by atoms with Crippen molar-refractivity contribution in [3.05, 3.63) is 28.8 Å². The second kappa shape index (κ2) is 5.53. The van der Waals surface area contributed by atoms with E-state index in [4.69, 9.17) is 5.11 Å². The highest BCUT2D eigenvalue weighted by Crippen LogP contribution is 2.22. The molecule has 0 spiro atoms. The van der Waals surface area contributed by atoms with Crippen LogP contribution in [0, 0.1) is 20.8 Å². The Kier molecular flexibility index (Phi) is 4.31. The van der Waals surface area contributed by atoms with Crippen LogP contribution >= 0.6 is 0 Å². The summed E-state index contributed by atoms with van der Waals surface area (Å²) in [5.41, 5.74) is 3.79. The van der Waals surface area contributed by atoms with E-state index in [1.807, 2.05) is 32.9 Å². The topological polar surface area (TPSA) is 69.6 Å². The van der Waals surface area contributed by atoms with Crippen molar-refractivity contribution in [2.24, 2.45) is 0 Å². The predicted molar refractivity (Wildman–Crippen MR) is 69.9 cm³/mol. The molecule has 0 aromatic heterocycles. The van der Waals surface area contributed by atoms with Crippen LogP contribution in [0.1, 0.15) is 16.7 Å². The van der Waals surface area contributed by atoms with Crippen molar-refractivity contribution in [2.45, 2.75) is 20.8 Å². The maximum atomic E-state index is 11.8. The number of hydrogen-bond donors (Lipinski definition) is 2. The molecule has 0 aliphatic carbocycles. The van der Waals surface area contributed by atoms with Gasteiger partial charge < -0.3 is 15.3 Å². The van der Waals surface area contributed by atoms with Crippen LogP contribution in [0.25, 0.3) is 0 Å². The average Bonchev–Trinajstić information content (AvgIpc) is 2.21. The van der Waals surface area contributed by atoms with Crippen molar-refractivity contribution < 1.29 is 14.7 Å². The summed E-state index contributed by atoms with van der Waals surface area (Å²) in [6.45, 7) is 5.48. The molecule has 1 rings (SSSR count).